The van der Waals surface area contributed by atoms with Gasteiger partial charge in [0.05, 0.1) is 5.69 Å². The van der Waals surface area contributed by atoms with E-state index < -0.39 is 5.60 Å². The Hall–Kier alpha value is -1.56. The molecule has 1 saturated heterocycles. The van der Waals surface area contributed by atoms with Crippen molar-refractivity contribution in [1.82, 2.24) is 20.0 Å². The van der Waals surface area contributed by atoms with Crippen LogP contribution in [0.1, 0.15) is 70.0 Å². The van der Waals surface area contributed by atoms with E-state index in [4.69, 9.17) is 4.74 Å². The van der Waals surface area contributed by atoms with Crippen molar-refractivity contribution < 1.29 is 9.53 Å². The van der Waals surface area contributed by atoms with Crippen molar-refractivity contribution in [3.63, 3.8) is 0 Å². The van der Waals surface area contributed by atoms with E-state index in [0.29, 0.717) is 0 Å². The maximum Gasteiger partial charge on any atom is 0.410 e. The fourth-order valence-electron chi connectivity index (χ4n) is 3.68. The van der Waals surface area contributed by atoms with Crippen molar-refractivity contribution in [2.45, 2.75) is 78.5 Å². The van der Waals surface area contributed by atoms with Crippen molar-refractivity contribution in [3.05, 3.63) is 17.0 Å². The molecule has 25 heavy (non-hydrogen) atoms. The molecule has 2 unspecified atom stereocenters. The van der Waals surface area contributed by atoms with Crippen LogP contribution in [0.2, 0.25) is 0 Å². The van der Waals surface area contributed by atoms with E-state index in [9.17, 15) is 4.79 Å². The Balaban J connectivity index is 1.87. The minimum atomic E-state index is -0.438. The lowest BCUT2D eigenvalue weighted by Crippen LogP contribution is -2.41. The highest BCUT2D eigenvalue weighted by Crippen LogP contribution is 2.24. The molecular formula is C19H34N4O2. The Morgan fingerprint density at radius 1 is 1.40 bits per heavy atom. The first kappa shape index (κ1) is 19.8. The molecule has 0 aliphatic carbocycles. The summed E-state index contributed by atoms with van der Waals surface area (Å²) < 4.78 is 7.47. The number of ether oxygens (including phenoxy) is 1. The van der Waals surface area contributed by atoms with Gasteiger partial charge in [-0.05, 0) is 67.3 Å². The highest BCUT2D eigenvalue weighted by Gasteiger charge is 2.31. The molecular weight excluding hydrogens is 316 g/mol. The van der Waals surface area contributed by atoms with Crippen LogP contribution < -0.4 is 5.32 Å². The monoisotopic (exact) mass is 350 g/mol. The zero-order valence-electron chi connectivity index (χ0n) is 16.8. The van der Waals surface area contributed by atoms with E-state index in [0.717, 1.165) is 38.0 Å². The number of carbonyl (C=O) groups excluding carboxylic acids is 1. The predicted molar refractivity (Wildman–Crippen MR) is 99.7 cm³/mol. The van der Waals surface area contributed by atoms with Gasteiger partial charge in [0, 0.05) is 36.9 Å². The lowest BCUT2D eigenvalue weighted by atomic mass is 10.1. The number of aryl methyl sites for hydroxylation is 2. The van der Waals surface area contributed by atoms with Gasteiger partial charge in [-0.1, -0.05) is 0 Å². The first-order valence-corrected chi connectivity index (χ1v) is 9.33. The molecule has 1 aliphatic heterocycles. The van der Waals surface area contributed by atoms with Crippen LogP contribution in [0.25, 0.3) is 0 Å². The Morgan fingerprint density at radius 2 is 2.08 bits per heavy atom. The number of likely N-dealkylation sites (tertiary alicyclic amines) is 1. The van der Waals surface area contributed by atoms with Crippen LogP contribution in [0.5, 0.6) is 0 Å². The van der Waals surface area contributed by atoms with Crippen LogP contribution in [-0.4, -0.2) is 45.5 Å². The normalized spacial score (nSPS) is 19.3. The summed E-state index contributed by atoms with van der Waals surface area (Å²) in [5.74, 6) is 0. The Labute approximate surface area is 151 Å². The summed E-state index contributed by atoms with van der Waals surface area (Å²) in [7, 11) is 1.98. The molecule has 1 aliphatic rings. The van der Waals surface area contributed by atoms with E-state index in [-0.39, 0.29) is 18.2 Å². The highest BCUT2D eigenvalue weighted by molar-refractivity contribution is 5.68. The Bertz CT molecular complexity index is 603. The molecule has 2 rings (SSSR count). The van der Waals surface area contributed by atoms with E-state index in [1.54, 1.807) is 0 Å². The molecule has 0 radical (unpaired) electrons. The fraction of sp³-hybridized carbons (Fsp3) is 0.789. The summed E-state index contributed by atoms with van der Waals surface area (Å²) in [6.07, 6.45) is 2.88. The van der Waals surface area contributed by atoms with Crippen LogP contribution >= 0.6 is 0 Å². The number of nitrogens with one attached hydrogen (secondary N) is 1. The molecule has 142 valence electrons. The molecule has 6 nitrogen and oxygen atoms in total. The molecule has 0 saturated carbocycles. The van der Waals surface area contributed by atoms with Crippen molar-refractivity contribution in [2.75, 3.05) is 13.1 Å². The van der Waals surface area contributed by atoms with Gasteiger partial charge in [0.25, 0.3) is 0 Å². The number of rotatable bonds is 5. The van der Waals surface area contributed by atoms with Crippen LogP contribution in [0, 0.1) is 13.8 Å². The van der Waals surface area contributed by atoms with Gasteiger partial charge >= 0.3 is 6.09 Å². The second-order valence-electron chi connectivity index (χ2n) is 8.14. The number of hydrogen-bond donors (Lipinski definition) is 1. The summed E-state index contributed by atoms with van der Waals surface area (Å²) in [5, 5.41) is 8.09. The third-order valence-electron chi connectivity index (χ3n) is 4.93. The average molecular weight is 351 g/mol. The van der Waals surface area contributed by atoms with Crippen LogP contribution in [0.15, 0.2) is 0 Å². The molecule has 0 bridgehead atoms. The number of hydrogen-bond acceptors (Lipinski definition) is 4. The lowest BCUT2D eigenvalue weighted by molar-refractivity contribution is 0.0220. The standard InChI is InChI=1S/C19H34N4O2/c1-13(17-14(2)21-22(7)15(17)3)20-11-10-16-9-8-12-23(16)18(24)25-19(4,5)6/h13,16,20H,8-12H2,1-7H3. The first-order chi connectivity index (χ1) is 11.6. The molecule has 1 amide bonds. The SMILES string of the molecule is Cc1nn(C)c(C)c1C(C)NCCC1CCCN1C(=O)OC(C)(C)C. The fourth-order valence-corrected chi connectivity index (χ4v) is 3.68. The lowest BCUT2D eigenvalue weighted by Gasteiger charge is -2.29. The molecule has 1 aromatic heterocycles. The molecule has 0 aromatic carbocycles. The van der Waals surface area contributed by atoms with Crippen LogP contribution in [0.3, 0.4) is 0 Å². The van der Waals surface area contributed by atoms with Crippen molar-refractivity contribution >= 4 is 6.09 Å². The van der Waals surface area contributed by atoms with Crippen molar-refractivity contribution in [1.29, 1.82) is 0 Å². The van der Waals surface area contributed by atoms with Gasteiger partial charge in [-0.2, -0.15) is 5.10 Å². The molecule has 1 N–H and O–H groups in total. The third kappa shape index (κ3) is 4.97. The highest BCUT2D eigenvalue weighted by atomic mass is 16.6. The summed E-state index contributed by atoms with van der Waals surface area (Å²) in [6.45, 7) is 13.8. The summed E-state index contributed by atoms with van der Waals surface area (Å²) in [5.41, 5.74) is 3.12. The zero-order chi connectivity index (χ0) is 18.8. The van der Waals surface area contributed by atoms with E-state index in [2.05, 4.69) is 31.2 Å². The minimum absolute atomic E-state index is 0.179. The van der Waals surface area contributed by atoms with Gasteiger partial charge in [-0.3, -0.25) is 4.68 Å². The van der Waals surface area contributed by atoms with Crippen molar-refractivity contribution in [2.24, 2.45) is 7.05 Å². The Morgan fingerprint density at radius 3 is 2.64 bits per heavy atom. The molecule has 2 atom stereocenters. The summed E-state index contributed by atoms with van der Waals surface area (Å²) >= 11 is 0. The number of nitrogens with zero attached hydrogens (tertiary/aromatic N) is 3. The topological polar surface area (TPSA) is 59.4 Å². The quantitative estimate of drug-likeness (QED) is 0.883. The molecule has 1 aromatic rings. The van der Waals surface area contributed by atoms with Gasteiger partial charge in [-0.15, -0.1) is 0 Å². The van der Waals surface area contributed by atoms with Gasteiger partial charge in [0.15, 0.2) is 0 Å². The smallest absolute Gasteiger partial charge is 0.410 e. The summed E-state index contributed by atoms with van der Waals surface area (Å²) in [4.78, 5) is 14.3. The van der Waals surface area contributed by atoms with E-state index in [1.807, 2.05) is 37.4 Å². The third-order valence-corrected chi connectivity index (χ3v) is 4.93. The number of amides is 1. The zero-order valence-corrected chi connectivity index (χ0v) is 16.8. The minimum Gasteiger partial charge on any atom is -0.444 e. The molecule has 2 heterocycles. The van der Waals surface area contributed by atoms with Crippen molar-refractivity contribution in [3.8, 4) is 0 Å². The largest absolute Gasteiger partial charge is 0.444 e. The van der Waals surface area contributed by atoms with Crippen LogP contribution in [-0.2, 0) is 11.8 Å². The van der Waals surface area contributed by atoms with Gasteiger partial charge in [-0.25, -0.2) is 4.79 Å². The second kappa shape index (κ2) is 7.77. The number of aromatic nitrogens is 2. The Kier molecular flexibility index (Phi) is 6.14. The van der Waals surface area contributed by atoms with Gasteiger partial charge in [0.1, 0.15) is 5.60 Å². The van der Waals surface area contributed by atoms with Crippen LogP contribution in [0.4, 0.5) is 4.79 Å². The molecule has 0 spiro atoms. The van der Waals surface area contributed by atoms with E-state index >= 15 is 0 Å². The molecule has 1 fully saturated rings. The predicted octanol–water partition coefficient (Wildman–Crippen LogP) is 3.48. The molecule has 6 heteroatoms. The summed E-state index contributed by atoms with van der Waals surface area (Å²) in [6, 6.07) is 0.524. The van der Waals surface area contributed by atoms with Gasteiger partial charge < -0.3 is 15.0 Å². The second-order valence-corrected chi connectivity index (χ2v) is 8.14. The maximum atomic E-state index is 12.4. The number of carbonyl (C=O) groups is 1. The maximum absolute atomic E-state index is 12.4. The first-order valence-electron chi connectivity index (χ1n) is 9.33. The average Bonchev–Trinajstić information content (AvgIpc) is 3.02. The van der Waals surface area contributed by atoms with E-state index in [1.165, 1.54) is 11.3 Å². The van der Waals surface area contributed by atoms with Gasteiger partial charge in [0.2, 0.25) is 0 Å².